The van der Waals surface area contributed by atoms with Crippen molar-refractivity contribution >= 4 is 13.6 Å². The molecule has 0 saturated heterocycles. The highest BCUT2D eigenvalue weighted by Gasteiger charge is 2.18. The lowest BCUT2D eigenvalue weighted by Gasteiger charge is -2.10. The van der Waals surface area contributed by atoms with E-state index in [1.54, 1.807) is 0 Å². The van der Waals surface area contributed by atoms with Crippen molar-refractivity contribution in [2.24, 2.45) is 5.73 Å². The van der Waals surface area contributed by atoms with Crippen molar-refractivity contribution in [1.82, 2.24) is 0 Å². The van der Waals surface area contributed by atoms with E-state index >= 15 is 0 Å². The van der Waals surface area contributed by atoms with Gasteiger partial charge in [-0.3, -0.25) is 9.36 Å². The zero-order valence-electron chi connectivity index (χ0n) is 8.61. The summed E-state index contributed by atoms with van der Waals surface area (Å²) in [5.41, 5.74) is 5.46. The van der Waals surface area contributed by atoms with E-state index in [-0.39, 0.29) is 18.6 Å². The first-order valence-electron chi connectivity index (χ1n) is 4.59. The van der Waals surface area contributed by atoms with Gasteiger partial charge in [-0.2, -0.15) is 0 Å². The molecule has 6 N–H and O–H groups in total. The molecular weight excluding hydrogens is 237 g/mol. The molecule has 0 bridgehead atoms. The second-order valence-corrected chi connectivity index (χ2v) is 4.98. The van der Waals surface area contributed by atoms with Crippen LogP contribution in [0.2, 0.25) is 0 Å². The predicted octanol–water partition coefficient (Wildman–Crippen LogP) is -0.725. The van der Waals surface area contributed by atoms with Crippen LogP contribution in [-0.4, -0.2) is 44.8 Å². The number of nitrogens with two attached hydrogens (primary N) is 1. The number of aliphatic hydroxyl groups is 1. The molecule has 1 atom stereocenters. The third-order valence-corrected chi connectivity index (χ3v) is 2.58. The summed E-state index contributed by atoms with van der Waals surface area (Å²) in [6, 6.07) is -1.29. The van der Waals surface area contributed by atoms with Gasteiger partial charge >= 0.3 is 13.6 Å². The van der Waals surface area contributed by atoms with E-state index in [0.29, 0.717) is 6.42 Å². The normalized spacial score (nSPS) is 14.9. The van der Waals surface area contributed by atoms with Crippen LogP contribution in [0.1, 0.15) is 12.8 Å². The van der Waals surface area contributed by atoms with Gasteiger partial charge in [0, 0.05) is 6.61 Å². The van der Waals surface area contributed by atoms with Gasteiger partial charge in [-0.25, -0.2) is 0 Å². The zero-order chi connectivity index (χ0) is 12.8. The van der Waals surface area contributed by atoms with E-state index in [1.165, 1.54) is 0 Å². The molecule has 0 fully saturated rings. The molecule has 0 aromatic heterocycles. The number of aliphatic carboxylic acids is 1. The molecule has 0 radical (unpaired) electrons. The summed E-state index contributed by atoms with van der Waals surface area (Å²) < 4.78 is 10.8. The lowest BCUT2D eigenvalue weighted by molar-refractivity contribution is -0.137. The number of carbonyl (C=O) groups is 1. The highest BCUT2D eigenvalue weighted by atomic mass is 31.2. The molecule has 0 aromatic carbocycles. The monoisotopic (exact) mass is 253 g/mol. The van der Waals surface area contributed by atoms with Gasteiger partial charge in [0.2, 0.25) is 0 Å². The Balaban J connectivity index is 4.65. The van der Waals surface area contributed by atoms with Gasteiger partial charge in [0.15, 0.2) is 0 Å². The molecule has 0 aliphatic rings. The molecule has 16 heavy (non-hydrogen) atoms. The second-order valence-electron chi connectivity index (χ2n) is 3.34. The van der Waals surface area contributed by atoms with Crippen LogP contribution < -0.4 is 5.73 Å². The Morgan fingerprint density at radius 1 is 1.44 bits per heavy atom. The maximum absolute atomic E-state index is 10.8. The third kappa shape index (κ3) is 7.56. The Kier molecular flexibility index (Phi) is 6.47. The Morgan fingerprint density at radius 3 is 2.38 bits per heavy atom. The lowest BCUT2D eigenvalue weighted by Crippen LogP contribution is -2.28. The minimum absolute atomic E-state index is 0.138. The molecule has 0 aromatic rings. The maximum Gasteiger partial charge on any atom is 0.329 e. The van der Waals surface area contributed by atoms with Crippen LogP contribution in [0.15, 0.2) is 11.6 Å². The molecule has 94 valence electrons. The topological polar surface area (TPSA) is 141 Å². The fourth-order valence-electron chi connectivity index (χ4n) is 1.11. The van der Waals surface area contributed by atoms with Crippen molar-refractivity contribution < 1.29 is 29.4 Å². The van der Waals surface area contributed by atoms with E-state index in [0.717, 1.165) is 6.08 Å². The van der Waals surface area contributed by atoms with Crippen LogP contribution in [0.4, 0.5) is 0 Å². The minimum atomic E-state index is -4.25. The molecule has 8 heteroatoms. The summed E-state index contributed by atoms with van der Waals surface area (Å²) in [6.07, 6.45) is 1.09. The Bertz CT molecular complexity index is 310. The number of hydrogen-bond acceptors (Lipinski definition) is 4. The number of carboxylic acid groups (broad SMARTS) is 1. The lowest BCUT2D eigenvalue weighted by atomic mass is 10.1. The largest absolute Gasteiger partial charge is 0.480 e. The van der Waals surface area contributed by atoms with Crippen molar-refractivity contribution in [2.45, 2.75) is 18.9 Å². The van der Waals surface area contributed by atoms with Gasteiger partial charge in [0.05, 0.1) is 6.16 Å². The molecule has 0 aliphatic carbocycles. The molecule has 0 heterocycles. The molecular formula is C8H16NO6P. The smallest absolute Gasteiger partial charge is 0.329 e. The quantitative estimate of drug-likeness (QED) is 0.297. The second kappa shape index (κ2) is 6.78. The summed E-state index contributed by atoms with van der Waals surface area (Å²) >= 11 is 0. The molecule has 0 rings (SSSR count). The van der Waals surface area contributed by atoms with E-state index in [2.05, 4.69) is 0 Å². The Hall–Kier alpha value is -0.720. The highest BCUT2D eigenvalue weighted by Crippen LogP contribution is 2.37. The Morgan fingerprint density at radius 2 is 2.00 bits per heavy atom. The summed E-state index contributed by atoms with van der Waals surface area (Å²) in [5.74, 6) is -1.27. The minimum Gasteiger partial charge on any atom is -0.480 e. The van der Waals surface area contributed by atoms with Gasteiger partial charge in [0.1, 0.15) is 6.04 Å². The van der Waals surface area contributed by atoms with Crippen molar-refractivity contribution in [3.63, 3.8) is 0 Å². The number of hydrogen-bond donors (Lipinski definition) is 5. The molecule has 1 unspecified atom stereocenters. The van der Waals surface area contributed by atoms with Crippen molar-refractivity contribution in [1.29, 1.82) is 0 Å². The molecule has 7 nitrogen and oxygen atoms in total. The summed E-state index contributed by atoms with van der Waals surface area (Å²) in [4.78, 5) is 28.0. The van der Waals surface area contributed by atoms with E-state index < -0.39 is 25.8 Å². The first-order chi connectivity index (χ1) is 7.26. The standard InChI is InChI=1S/C8H16NO6P/c9-7(8(11)12)4-6(2-1-3-10)5-16(13,14)15/h4,7,10H,1-3,5,9H2,(H,11,12)(H2,13,14,15)/b6-4-. The fourth-order valence-corrected chi connectivity index (χ4v) is 1.90. The van der Waals surface area contributed by atoms with Gasteiger partial charge in [-0.05, 0) is 12.8 Å². The van der Waals surface area contributed by atoms with Crippen LogP contribution in [-0.2, 0) is 9.36 Å². The summed E-state index contributed by atoms with van der Waals surface area (Å²) in [7, 11) is -4.25. The number of allylic oxidation sites excluding steroid dienone is 1. The van der Waals surface area contributed by atoms with E-state index in [1.807, 2.05) is 0 Å². The molecule has 0 spiro atoms. The average Bonchev–Trinajstić information content (AvgIpc) is 2.11. The SMILES string of the molecule is NC(/C=C(/CCCO)CP(=O)(O)O)C(=O)O. The number of aliphatic hydroxyl groups excluding tert-OH is 1. The summed E-state index contributed by atoms with van der Waals surface area (Å²) in [6.45, 7) is -0.138. The van der Waals surface area contributed by atoms with Gasteiger partial charge in [-0.15, -0.1) is 0 Å². The van der Waals surface area contributed by atoms with Crippen molar-refractivity contribution in [2.75, 3.05) is 12.8 Å². The van der Waals surface area contributed by atoms with Crippen LogP contribution >= 0.6 is 7.60 Å². The van der Waals surface area contributed by atoms with Crippen LogP contribution in [0.5, 0.6) is 0 Å². The fraction of sp³-hybridized carbons (Fsp3) is 0.625. The third-order valence-electron chi connectivity index (χ3n) is 1.77. The van der Waals surface area contributed by atoms with Crippen LogP contribution in [0.3, 0.4) is 0 Å². The first-order valence-corrected chi connectivity index (χ1v) is 6.39. The maximum atomic E-state index is 10.8. The van der Waals surface area contributed by atoms with Gasteiger partial charge < -0.3 is 25.7 Å². The Labute approximate surface area is 92.7 Å². The molecule has 0 saturated carbocycles. The zero-order valence-corrected chi connectivity index (χ0v) is 9.51. The number of carboxylic acids is 1. The van der Waals surface area contributed by atoms with Crippen LogP contribution in [0, 0.1) is 0 Å². The predicted molar refractivity (Wildman–Crippen MR) is 56.9 cm³/mol. The first kappa shape index (κ1) is 15.3. The van der Waals surface area contributed by atoms with E-state index in [9.17, 15) is 9.36 Å². The van der Waals surface area contributed by atoms with E-state index in [4.69, 9.17) is 25.7 Å². The summed E-state index contributed by atoms with van der Waals surface area (Å²) in [5, 5.41) is 17.1. The molecule has 0 aliphatic heterocycles. The molecule has 0 amide bonds. The number of rotatable bonds is 7. The van der Waals surface area contributed by atoms with Crippen molar-refractivity contribution in [3.05, 3.63) is 11.6 Å². The van der Waals surface area contributed by atoms with Gasteiger partial charge in [0.25, 0.3) is 0 Å². The average molecular weight is 253 g/mol. The van der Waals surface area contributed by atoms with Crippen molar-refractivity contribution in [3.8, 4) is 0 Å². The van der Waals surface area contributed by atoms with Gasteiger partial charge in [-0.1, -0.05) is 11.6 Å². The van der Waals surface area contributed by atoms with Crippen LogP contribution in [0.25, 0.3) is 0 Å². The highest BCUT2D eigenvalue weighted by molar-refractivity contribution is 7.52.